The van der Waals surface area contributed by atoms with Crippen molar-refractivity contribution in [2.75, 3.05) is 24.5 Å². The fraction of sp³-hybridized carbons (Fsp3) is 0.600. The number of hydrogen-bond acceptors (Lipinski definition) is 2. The Hall–Kier alpha value is -1.02. The van der Waals surface area contributed by atoms with E-state index in [1.54, 1.807) is 0 Å². The van der Waals surface area contributed by atoms with E-state index >= 15 is 0 Å². The van der Waals surface area contributed by atoms with Crippen molar-refractivity contribution in [1.82, 2.24) is 5.32 Å². The van der Waals surface area contributed by atoms with Crippen LogP contribution in [0.25, 0.3) is 0 Å². The van der Waals surface area contributed by atoms with E-state index in [9.17, 15) is 0 Å². The van der Waals surface area contributed by atoms with Crippen LogP contribution in [0.1, 0.15) is 25.3 Å². The van der Waals surface area contributed by atoms with Crippen LogP contribution in [0.5, 0.6) is 0 Å². The lowest BCUT2D eigenvalue weighted by molar-refractivity contribution is 0.479. The van der Waals surface area contributed by atoms with Gasteiger partial charge in [0.1, 0.15) is 0 Å². The van der Waals surface area contributed by atoms with E-state index in [0.29, 0.717) is 11.5 Å². The number of nitrogens with zero attached hydrogens (tertiary/aromatic N) is 1. The van der Waals surface area contributed by atoms with Gasteiger partial charge in [-0.05, 0) is 38.8 Å². The summed E-state index contributed by atoms with van der Waals surface area (Å²) in [6.45, 7) is 8.01. The Morgan fingerprint density at radius 1 is 1.24 bits per heavy atom. The molecule has 1 aromatic rings. The molecule has 1 atom stereocenters. The molecule has 0 amide bonds. The van der Waals surface area contributed by atoms with Gasteiger partial charge in [0, 0.05) is 36.8 Å². The molecule has 1 unspecified atom stereocenters. The number of benzene rings is 1. The van der Waals surface area contributed by atoms with Gasteiger partial charge < -0.3 is 10.2 Å². The van der Waals surface area contributed by atoms with E-state index in [4.69, 9.17) is 0 Å². The molecular weight excluding hydrogens is 208 g/mol. The molecule has 0 radical (unpaired) electrons. The fourth-order valence-electron chi connectivity index (χ4n) is 2.78. The fourth-order valence-corrected chi connectivity index (χ4v) is 2.78. The second kappa shape index (κ2) is 4.02. The van der Waals surface area contributed by atoms with Crippen LogP contribution in [0.15, 0.2) is 24.3 Å². The highest BCUT2D eigenvalue weighted by Gasteiger charge is 2.45. The molecule has 0 bridgehead atoms. The average Bonchev–Trinajstić information content (AvgIpc) is 3.09. The molecule has 1 spiro atoms. The third kappa shape index (κ3) is 2.32. The number of rotatable bonds is 1. The number of aryl methyl sites for hydroxylation is 1. The number of nitrogens with one attached hydrogen (secondary N) is 1. The Kier molecular flexibility index (Phi) is 2.62. The average molecular weight is 230 g/mol. The van der Waals surface area contributed by atoms with Gasteiger partial charge in [-0.3, -0.25) is 0 Å². The van der Waals surface area contributed by atoms with Crippen molar-refractivity contribution in [2.45, 2.75) is 32.7 Å². The predicted octanol–water partition coefficient (Wildman–Crippen LogP) is 2.57. The molecule has 1 saturated carbocycles. The molecule has 1 saturated heterocycles. The van der Waals surface area contributed by atoms with E-state index in [1.165, 1.54) is 37.2 Å². The lowest BCUT2D eigenvalue weighted by atomic mass is 10.1. The zero-order chi connectivity index (χ0) is 11.9. The Balaban J connectivity index is 1.82. The van der Waals surface area contributed by atoms with Gasteiger partial charge in [0.2, 0.25) is 0 Å². The zero-order valence-corrected chi connectivity index (χ0v) is 10.9. The van der Waals surface area contributed by atoms with E-state index in [0.717, 1.165) is 6.54 Å². The summed E-state index contributed by atoms with van der Waals surface area (Å²) < 4.78 is 0. The molecule has 17 heavy (non-hydrogen) atoms. The molecule has 1 N–H and O–H groups in total. The maximum Gasteiger partial charge on any atom is 0.0367 e. The summed E-state index contributed by atoms with van der Waals surface area (Å²) in [5.74, 6) is 0. The molecule has 1 aliphatic heterocycles. The lowest BCUT2D eigenvalue weighted by Gasteiger charge is -2.27. The molecule has 2 fully saturated rings. The maximum absolute atomic E-state index is 3.67. The standard InChI is InChI=1S/C15H22N2/c1-12-3-5-14(6-4-12)17-9-13(2)16-10-15(11-17)7-8-15/h3-6,13,16H,7-11H2,1-2H3. The Morgan fingerprint density at radius 2 is 1.94 bits per heavy atom. The monoisotopic (exact) mass is 230 g/mol. The Labute approximate surface area is 104 Å². The minimum Gasteiger partial charge on any atom is -0.369 e. The first-order chi connectivity index (χ1) is 8.17. The highest BCUT2D eigenvalue weighted by Crippen LogP contribution is 2.47. The molecule has 2 heteroatoms. The largest absolute Gasteiger partial charge is 0.369 e. The Morgan fingerprint density at radius 3 is 2.59 bits per heavy atom. The number of anilines is 1. The van der Waals surface area contributed by atoms with Crippen molar-refractivity contribution >= 4 is 5.69 Å². The summed E-state index contributed by atoms with van der Waals surface area (Å²) in [7, 11) is 0. The van der Waals surface area contributed by atoms with Crippen LogP contribution in [-0.4, -0.2) is 25.7 Å². The quantitative estimate of drug-likeness (QED) is 0.797. The van der Waals surface area contributed by atoms with Crippen LogP contribution in [0.2, 0.25) is 0 Å². The van der Waals surface area contributed by atoms with E-state index < -0.39 is 0 Å². The number of hydrogen-bond donors (Lipinski definition) is 1. The molecule has 3 rings (SSSR count). The predicted molar refractivity (Wildman–Crippen MR) is 72.5 cm³/mol. The highest BCUT2D eigenvalue weighted by atomic mass is 15.2. The third-order valence-corrected chi connectivity index (χ3v) is 4.20. The van der Waals surface area contributed by atoms with E-state index in [1.807, 2.05) is 0 Å². The Bertz CT molecular complexity index is 392. The first-order valence-electron chi connectivity index (χ1n) is 6.72. The zero-order valence-electron chi connectivity index (χ0n) is 10.9. The third-order valence-electron chi connectivity index (χ3n) is 4.20. The highest BCUT2D eigenvalue weighted by molar-refractivity contribution is 5.48. The minimum atomic E-state index is 0.579. The van der Waals surface area contributed by atoms with Crippen LogP contribution in [-0.2, 0) is 0 Å². The van der Waals surface area contributed by atoms with Gasteiger partial charge in [0.25, 0.3) is 0 Å². The van der Waals surface area contributed by atoms with Gasteiger partial charge in [-0.1, -0.05) is 17.7 Å². The smallest absolute Gasteiger partial charge is 0.0367 e. The molecule has 2 aliphatic rings. The summed E-state index contributed by atoms with van der Waals surface area (Å²) in [5.41, 5.74) is 3.31. The van der Waals surface area contributed by atoms with Crippen molar-refractivity contribution in [3.05, 3.63) is 29.8 Å². The lowest BCUT2D eigenvalue weighted by Crippen LogP contribution is -2.35. The van der Waals surface area contributed by atoms with Crippen LogP contribution >= 0.6 is 0 Å². The summed E-state index contributed by atoms with van der Waals surface area (Å²) in [5, 5.41) is 3.67. The minimum absolute atomic E-state index is 0.579. The van der Waals surface area contributed by atoms with E-state index in [2.05, 4.69) is 48.3 Å². The molecule has 1 heterocycles. The van der Waals surface area contributed by atoms with Crippen molar-refractivity contribution in [2.24, 2.45) is 5.41 Å². The second-order valence-corrected chi connectivity index (χ2v) is 6.00. The first-order valence-corrected chi connectivity index (χ1v) is 6.72. The topological polar surface area (TPSA) is 15.3 Å². The second-order valence-electron chi connectivity index (χ2n) is 6.00. The molecule has 92 valence electrons. The SMILES string of the molecule is Cc1ccc(N2CC(C)NCC3(CC3)C2)cc1. The van der Waals surface area contributed by atoms with Gasteiger partial charge in [-0.25, -0.2) is 0 Å². The van der Waals surface area contributed by atoms with Crippen molar-refractivity contribution in [3.8, 4) is 0 Å². The van der Waals surface area contributed by atoms with Gasteiger partial charge in [-0.2, -0.15) is 0 Å². The van der Waals surface area contributed by atoms with E-state index in [-0.39, 0.29) is 0 Å². The summed E-state index contributed by atoms with van der Waals surface area (Å²) in [6, 6.07) is 9.57. The summed E-state index contributed by atoms with van der Waals surface area (Å²) >= 11 is 0. The van der Waals surface area contributed by atoms with Gasteiger partial charge in [-0.15, -0.1) is 0 Å². The van der Waals surface area contributed by atoms with Crippen LogP contribution in [0.4, 0.5) is 5.69 Å². The normalized spacial score (nSPS) is 26.9. The first kappa shape index (κ1) is 11.1. The summed E-state index contributed by atoms with van der Waals surface area (Å²) in [4.78, 5) is 2.57. The van der Waals surface area contributed by atoms with Crippen LogP contribution in [0.3, 0.4) is 0 Å². The van der Waals surface area contributed by atoms with Gasteiger partial charge in [0.05, 0.1) is 0 Å². The van der Waals surface area contributed by atoms with Gasteiger partial charge in [0.15, 0.2) is 0 Å². The molecule has 1 aromatic carbocycles. The van der Waals surface area contributed by atoms with Crippen LogP contribution < -0.4 is 10.2 Å². The molecular formula is C15H22N2. The summed E-state index contributed by atoms with van der Waals surface area (Å²) in [6.07, 6.45) is 2.80. The van der Waals surface area contributed by atoms with Crippen molar-refractivity contribution in [3.63, 3.8) is 0 Å². The molecule has 1 aliphatic carbocycles. The van der Waals surface area contributed by atoms with Crippen molar-refractivity contribution in [1.29, 1.82) is 0 Å². The maximum atomic E-state index is 3.67. The molecule has 0 aromatic heterocycles. The van der Waals surface area contributed by atoms with Crippen molar-refractivity contribution < 1.29 is 0 Å². The van der Waals surface area contributed by atoms with Crippen LogP contribution in [0, 0.1) is 12.3 Å². The molecule has 2 nitrogen and oxygen atoms in total. The van der Waals surface area contributed by atoms with Gasteiger partial charge >= 0.3 is 0 Å².